The van der Waals surface area contributed by atoms with Crippen molar-refractivity contribution in [3.05, 3.63) is 0 Å². The number of amides is 2. The number of hydrogen-bond donors (Lipinski definition) is 2. The van der Waals surface area contributed by atoms with Crippen molar-refractivity contribution in [2.45, 2.75) is 19.3 Å². The Balaban J connectivity index is 2.08. The van der Waals surface area contributed by atoms with Gasteiger partial charge in [0.15, 0.2) is 0 Å². The number of ether oxygens (including phenoxy) is 1. The van der Waals surface area contributed by atoms with Crippen LogP contribution in [0.1, 0.15) is 19.3 Å². The molecule has 6 heteroatoms. The number of aliphatic hydroxyl groups is 1. The second-order valence-electron chi connectivity index (χ2n) is 3.92. The Kier molecular flexibility index (Phi) is 6.57. The molecule has 0 unspecified atom stereocenters. The van der Waals surface area contributed by atoms with Gasteiger partial charge >= 0.3 is 0 Å². The zero-order valence-corrected chi connectivity index (χ0v) is 9.98. The number of carbonyl (C=O) groups is 2. The van der Waals surface area contributed by atoms with Crippen LogP contribution in [0.25, 0.3) is 0 Å². The predicted molar refractivity (Wildman–Crippen MR) is 61.3 cm³/mol. The van der Waals surface area contributed by atoms with Crippen LogP contribution in [0.15, 0.2) is 0 Å². The van der Waals surface area contributed by atoms with Crippen LogP contribution in [0.3, 0.4) is 0 Å². The third-order valence-corrected chi connectivity index (χ3v) is 2.59. The highest BCUT2D eigenvalue weighted by atomic mass is 16.5. The molecule has 1 heterocycles. The van der Waals surface area contributed by atoms with Crippen LogP contribution in [0.2, 0.25) is 0 Å². The van der Waals surface area contributed by atoms with E-state index < -0.39 is 0 Å². The number of hydrogen-bond acceptors (Lipinski definition) is 4. The van der Waals surface area contributed by atoms with E-state index in [0.717, 1.165) is 0 Å². The molecule has 6 nitrogen and oxygen atoms in total. The van der Waals surface area contributed by atoms with E-state index in [1.54, 1.807) is 4.90 Å². The molecular formula is C11H20N2O4. The molecule has 0 radical (unpaired) electrons. The van der Waals surface area contributed by atoms with E-state index in [-0.39, 0.29) is 18.4 Å². The van der Waals surface area contributed by atoms with Crippen LogP contribution in [-0.2, 0) is 14.3 Å². The number of aliphatic hydroxyl groups excluding tert-OH is 1. The highest BCUT2D eigenvalue weighted by Crippen LogP contribution is 1.99. The summed E-state index contributed by atoms with van der Waals surface area (Å²) in [5.74, 6) is -0.0652. The van der Waals surface area contributed by atoms with Crippen LogP contribution in [0.5, 0.6) is 0 Å². The molecule has 0 saturated carbocycles. The summed E-state index contributed by atoms with van der Waals surface area (Å²) >= 11 is 0. The van der Waals surface area contributed by atoms with Gasteiger partial charge in [0.1, 0.15) is 0 Å². The second kappa shape index (κ2) is 8.03. The zero-order valence-electron chi connectivity index (χ0n) is 9.98. The van der Waals surface area contributed by atoms with Crippen molar-refractivity contribution in [2.24, 2.45) is 0 Å². The standard InChI is InChI=1S/C11H20N2O4/c14-7-1-2-10(15)12-4-3-11(16)13-5-8-17-9-6-13/h14H,1-9H2,(H,12,15). The molecule has 0 aromatic heterocycles. The van der Waals surface area contributed by atoms with Gasteiger partial charge in [0.25, 0.3) is 0 Å². The Morgan fingerprint density at radius 3 is 2.59 bits per heavy atom. The van der Waals surface area contributed by atoms with Crippen molar-refractivity contribution >= 4 is 11.8 Å². The third kappa shape index (κ3) is 5.65. The lowest BCUT2D eigenvalue weighted by molar-refractivity contribution is -0.135. The van der Waals surface area contributed by atoms with Gasteiger partial charge in [0.05, 0.1) is 13.2 Å². The lowest BCUT2D eigenvalue weighted by atomic mass is 10.3. The van der Waals surface area contributed by atoms with Crippen LogP contribution in [-0.4, -0.2) is 61.3 Å². The minimum absolute atomic E-state index is 0.0140. The maximum absolute atomic E-state index is 11.7. The Morgan fingerprint density at radius 2 is 1.94 bits per heavy atom. The van der Waals surface area contributed by atoms with Crippen molar-refractivity contribution in [2.75, 3.05) is 39.5 Å². The number of nitrogens with zero attached hydrogens (tertiary/aromatic N) is 1. The molecule has 17 heavy (non-hydrogen) atoms. The number of carbonyl (C=O) groups excluding carboxylic acids is 2. The minimum Gasteiger partial charge on any atom is -0.396 e. The van der Waals surface area contributed by atoms with Crippen molar-refractivity contribution in [3.63, 3.8) is 0 Å². The number of nitrogens with one attached hydrogen (secondary N) is 1. The van der Waals surface area contributed by atoms with E-state index in [9.17, 15) is 9.59 Å². The molecule has 0 spiro atoms. The highest BCUT2D eigenvalue weighted by Gasteiger charge is 2.16. The summed E-state index contributed by atoms with van der Waals surface area (Å²) in [6.07, 6.45) is 1.09. The van der Waals surface area contributed by atoms with Gasteiger partial charge in [0.2, 0.25) is 11.8 Å². The average Bonchev–Trinajstić information content (AvgIpc) is 2.37. The monoisotopic (exact) mass is 244 g/mol. The lowest BCUT2D eigenvalue weighted by Crippen LogP contribution is -2.42. The minimum atomic E-state index is -0.117. The summed E-state index contributed by atoms with van der Waals surface area (Å²) in [6.45, 7) is 2.83. The van der Waals surface area contributed by atoms with Crippen LogP contribution in [0.4, 0.5) is 0 Å². The van der Waals surface area contributed by atoms with E-state index in [1.807, 2.05) is 0 Å². The predicted octanol–water partition coefficient (Wildman–Crippen LogP) is -0.876. The molecule has 0 atom stereocenters. The van der Waals surface area contributed by atoms with E-state index in [0.29, 0.717) is 52.1 Å². The number of rotatable bonds is 6. The maximum atomic E-state index is 11.7. The fourth-order valence-electron chi connectivity index (χ4n) is 1.61. The van der Waals surface area contributed by atoms with Gasteiger partial charge in [-0.2, -0.15) is 0 Å². The van der Waals surface area contributed by atoms with Gasteiger partial charge in [-0.25, -0.2) is 0 Å². The first-order chi connectivity index (χ1) is 8.24. The quantitative estimate of drug-likeness (QED) is 0.636. The van der Waals surface area contributed by atoms with E-state index in [4.69, 9.17) is 9.84 Å². The first-order valence-corrected chi connectivity index (χ1v) is 5.97. The van der Waals surface area contributed by atoms with Crippen molar-refractivity contribution in [1.29, 1.82) is 0 Å². The van der Waals surface area contributed by atoms with Crippen LogP contribution >= 0.6 is 0 Å². The fourth-order valence-corrected chi connectivity index (χ4v) is 1.61. The molecule has 2 amide bonds. The Bertz CT molecular complexity index is 252. The van der Waals surface area contributed by atoms with E-state index in [1.165, 1.54) is 0 Å². The normalized spacial score (nSPS) is 15.7. The van der Waals surface area contributed by atoms with E-state index in [2.05, 4.69) is 5.32 Å². The smallest absolute Gasteiger partial charge is 0.224 e. The molecule has 1 aliphatic rings. The largest absolute Gasteiger partial charge is 0.396 e. The van der Waals surface area contributed by atoms with Crippen molar-refractivity contribution in [1.82, 2.24) is 10.2 Å². The molecule has 1 aliphatic heterocycles. The molecule has 1 rings (SSSR count). The summed E-state index contributed by atoms with van der Waals surface area (Å²) < 4.78 is 5.15. The van der Waals surface area contributed by atoms with Crippen LogP contribution < -0.4 is 5.32 Å². The summed E-state index contributed by atoms with van der Waals surface area (Å²) in [7, 11) is 0. The first-order valence-electron chi connectivity index (χ1n) is 5.97. The van der Waals surface area contributed by atoms with Crippen molar-refractivity contribution < 1.29 is 19.4 Å². The fraction of sp³-hybridized carbons (Fsp3) is 0.818. The summed E-state index contributed by atoms with van der Waals surface area (Å²) in [6, 6.07) is 0. The Labute approximate surface area is 101 Å². The van der Waals surface area contributed by atoms with Crippen LogP contribution in [0, 0.1) is 0 Å². The Morgan fingerprint density at radius 1 is 1.24 bits per heavy atom. The SMILES string of the molecule is O=C(CCCO)NCCC(=O)N1CCOCC1. The molecule has 1 saturated heterocycles. The van der Waals surface area contributed by atoms with E-state index >= 15 is 0 Å². The molecule has 1 fully saturated rings. The van der Waals surface area contributed by atoms with Gasteiger partial charge in [-0.05, 0) is 6.42 Å². The summed E-state index contributed by atoms with van der Waals surface area (Å²) in [5, 5.41) is 11.2. The molecule has 0 bridgehead atoms. The highest BCUT2D eigenvalue weighted by molar-refractivity contribution is 5.79. The molecular weight excluding hydrogens is 224 g/mol. The Hall–Kier alpha value is -1.14. The molecule has 2 N–H and O–H groups in total. The average molecular weight is 244 g/mol. The third-order valence-electron chi connectivity index (χ3n) is 2.59. The molecule has 0 aromatic rings. The lowest BCUT2D eigenvalue weighted by Gasteiger charge is -2.26. The topological polar surface area (TPSA) is 78.9 Å². The second-order valence-corrected chi connectivity index (χ2v) is 3.92. The molecule has 0 aromatic carbocycles. The summed E-state index contributed by atoms with van der Waals surface area (Å²) in [4.78, 5) is 24.6. The van der Waals surface area contributed by atoms with Gasteiger partial charge in [-0.1, -0.05) is 0 Å². The molecule has 98 valence electrons. The van der Waals surface area contributed by atoms with Crippen molar-refractivity contribution in [3.8, 4) is 0 Å². The van der Waals surface area contributed by atoms with Gasteiger partial charge < -0.3 is 20.1 Å². The first kappa shape index (κ1) is 13.9. The van der Waals surface area contributed by atoms with Gasteiger partial charge in [-0.3, -0.25) is 9.59 Å². The summed E-state index contributed by atoms with van der Waals surface area (Å²) in [5.41, 5.74) is 0. The zero-order chi connectivity index (χ0) is 12.5. The van der Waals surface area contributed by atoms with Gasteiger partial charge in [-0.15, -0.1) is 0 Å². The van der Waals surface area contributed by atoms with Gasteiger partial charge in [0, 0.05) is 39.1 Å². The number of morpholine rings is 1. The maximum Gasteiger partial charge on any atom is 0.224 e. The molecule has 0 aliphatic carbocycles.